The van der Waals surface area contributed by atoms with E-state index in [4.69, 9.17) is 5.11 Å². The van der Waals surface area contributed by atoms with Crippen LogP contribution in [0.4, 0.5) is 5.82 Å². The maximum Gasteiger partial charge on any atom is 0.322 e. The van der Waals surface area contributed by atoms with Crippen molar-refractivity contribution in [2.75, 3.05) is 25.5 Å². The average Bonchev–Trinajstić information content (AvgIpc) is 2.42. The summed E-state index contributed by atoms with van der Waals surface area (Å²) in [7, 11) is 1.48. The molecule has 0 bridgehead atoms. The van der Waals surface area contributed by atoms with Gasteiger partial charge in [-0.2, -0.15) is 0 Å². The predicted molar refractivity (Wildman–Crippen MR) is 64.6 cm³/mol. The molecule has 0 aliphatic carbocycles. The van der Waals surface area contributed by atoms with Crippen LogP contribution in [0.3, 0.4) is 0 Å². The third-order valence-electron chi connectivity index (χ3n) is 1.99. The number of amides is 2. The molecule has 1 aromatic heterocycles. The molecule has 0 spiro atoms. The highest BCUT2D eigenvalue weighted by Crippen LogP contribution is 2.01. The van der Waals surface area contributed by atoms with Crippen molar-refractivity contribution in [2.24, 2.45) is 0 Å². The van der Waals surface area contributed by atoms with E-state index in [-0.39, 0.29) is 18.1 Å². The molecule has 19 heavy (non-hydrogen) atoms. The summed E-state index contributed by atoms with van der Waals surface area (Å²) in [6.45, 7) is -0.580. The quantitative estimate of drug-likeness (QED) is 0.490. The van der Waals surface area contributed by atoms with Crippen molar-refractivity contribution >= 4 is 23.6 Å². The molecule has 1 heterocycles. The van der Waals surface area contributed by atoms with Crippen LogP contribution >= 0.6 is 0 Å². The smallest absolute Gasteiger partial charge is 0.322 e. The number of anilines is 1. The average molecular weight is 267 g/mol. The van der Waals surface area contributed by atoms with E-state index in [0.717, 1.165) is 0 Å². The van der Waals surface area contributed by atoms with Gasteiger partial charge in [0.25, 0.3) is 5.91 Å². The first-order valence-corrected chi connectivity index (χ1v) is 5.31. The molecule has 102 valence electrons. The van der Waals surface area contributed by atoms with Crippen LogP contribution in [-0.2, 0) is 9.59 Å². The SMILES string of the molecule is CNC(=O)c1ccc(NCC(=O)NCC(=O)O)nn1. The molecule has 0 atom stereocenters. The molecule has 0 aromatic carbocycles. The van der Waals surface area contributed by atoms with E-state index >= 15 is 0 Å². The van der Waals surface area contributed by atoms with Crippen molar-refractivity contribution < 1.29 is 19.5 Å². The summed E-state index contributed by atoms with van der Waals surface area (Å²) >= 11 is 0. The van der Waals surface area contributed by atoms with E-state index in [2.05, 4.69) is 26.1 Å². The molecule has 4 N–H and O–H groups in total. The molecule has 1 rings (SSSR count). The van der Waals surface area contributed by atoms with Crippen molar-refractivity contribution in [3.8, 4) is 0 Å². The Bertz CT molecular complexity index is 473. The number of aromatic nitrogens is 2. The van der Waals surface area contributed by atoms with Gasteiger partial charge in [0.1, 0.15) is 12.4 Å². The van der Waals surface area contributed by atoms with Crippen LogP contribution in [0.5, 0.6) is 0 Å². The lowest BCUT2D eigenvalue weighted by atomic mass is 10.3. The zero-order valence-corrected chi connectivity index (χ0v) is 10.1. The van der Waals surface area contributed by atoms with Crippen LogP contribution in [0, 0.1) is 0 Å². The zero-order valence-electron chi connectivity index (χ0n) is 10.1. The number of rotatable bonds is 6. The van der Waals surface area contributed by atoms with Crippen LogP contribution in [0.1, 0.15) is 10.5 Å². The number of nitrogens with zero attached hydrogens (tertiary/aromatic N) is 2. The van der Waals surface area contributed by atoms with Gasteiger partial charge in [0.05, 0.1) is 6.54 Å². The van der Waals surface area contributed by atoms with Crippen molar-refractivity contribution in [3.05, 3.63) is 17.8 Å². The molecule has 0 saturated carbocycles. The summed E-state index contributed by atoms with van der Waals surface area (Å²) in [5, 5.41) is 22.9. The highest BCUT2D eigenvalue weighted by atomic mass is 16.4. The predicted octanol–water partition coefficient (Wildman–Crippen LogP) is -1.55. The number of hydrogen-bond donors (Lipinski definition) is 4. The van der Waals surface area contributed by atoms with E-state index < -0.39 is 18.4 Å². The highest BCUT2D eigenvalue weighted by molar-refractivity contribution is 5.92. The minimum Gasteiger partial charge on any atom is -0.480 e. The van der Waals surface area contributed by atoms with Gasteiger partial charge >= 0.3 is 5.97 Å². The number of hydrogen-bond acceptors (Lipinski definition) is 6. The Morgan fingerprint density at radius 1 is 1.21 bits per heavy atom. The van der Waals surface area contributed by atoms with Crippen molar-refractivity contribution in [1.29, 1.82) is 0 Å². The summed E-state index contributed by atoms with van der Waals surface area (Å²) in [6.07, 6.45) is 0. The zero-order chi connectivity index (χ0) is 14.3. The minimum absolute atomic E-state index is 0.138. The molecule has 0 fully saturated rings. The van der Waals surface area contributed by atoms with Crippen molar-refractivity contribution in [3.63, 3.8) is 0 Å². The van der Waals surface area contributed by atoms with Crippen LogP contribution in [-0.4, -0.2) is 53.2 Å². The fraction of sp³-hybridized carbons (Fsp3) is 0.300. The number of aliphatic carboxylic acids is 1. The molecule has 9 heteroatoms. The maximum absolute atomic E-state index is 11.2. The molecule has 1 aromatic rings. The molecule has 0 radical (unpaired) electrons. The first kappa shape index (κ1) is 14.4. The fourth-order valence-corrected chi connectivity index (χ4v) is 1.08. The highest BCUT2D eigenvalue weighted by Gasteiger charge is 2.07. The summed E-state index contributed by atoms with van der Waals surface area (Å²) in [6, 6.07) is 2.94. The van der Waals surface area contributed by atoms with Gasteiger partial charge in [-0.15, -0.1) is 10.2 Å². The third kappa shape index (κ3) is 4.98. The number of carboxylic acid groups (broad SMARTS) is 1. The van der Waals surface area contributed by atoms with Crippen LogP contribution in [0.15, 0.2) is 12.1 Å². The third-order valence-corrected chi connectivity index (χ3v) is 1.99. The standard InChI is InChI=1S/C10H13N5O4/c1-11-10(19)6-2-3-7(15-14-6)12-4-8(16)13-5-9(17)18/h2-3H,4-5H2,1H3,(H,11,19)(H,12,15)(H,13,16)(H,17,18). The molecule has 0 unspecified atom stereocenters. The van der Waals surface area contributed by atoms with Crippen LogP contribution < -0.4 is 16.0 Å². The van der Waals surface area contributed by atoms with Crippen LogP contribution in [0.25, 0.3) is 0 Å². The Morgan fingerprint density at radius 3 is 2.47 bits per heavy atom. The van der Waals surface area contributed by atoms with Gasteiger partial charge in [-0.25, -0.2) is 0 Å². The Balaban J connectivity index is 2.43. The van der Waals surface area contributed by atoms with Gasteiger partial charge in [0.2, 0.25) is 5.91 Å². The van der Waals surface area contributed by atoms with Gasteiger partial charge in [-0.3, -0.25) is 14.4 Å². The van der Waals surface area contributed by atoms with E-state index in [0.29, 0.717) is 5.82 Å². The second-order valence-corrected chi connectivity index (χ2v) is 3.41. The number of carbonyl (C=O) groups is 3. The monoisotopic (exact) mass is 267 g/mol. The first-order valence-electron chi connectivity index (χ1n) is 5.31. The van der Waals surface area contributed by atoms with Gasteiger partial charge < -0.3 is 21.1 Å². The Morgan fingerprint density at radius 2 is 1.95 bits per heavy atom. The molecular formula is C10H13N5O4. The molecule has 0 saturated heterocycles. The second kappa shape index (κ2) is 6.89. The summed E-state index contributed by atoms with van der Waals surface area (Å²) in [5.41, 5.74) is 0.156. The lowest BCUT2D eigenvalue weighted by Gasteiger charge is -2.05. The summed E-state index contributed by atoms with van der Waals surface area (Å²) < 4.78 is 0. The lowest BCUT2D eigenvalue weighted by Crippen LogP contribution is -2.34. The van der Waals surface area contributed by atoms with E-state index in [1.807, 2.05) is 0 Å². The maximum atomic E-state index is 11.2. The molecule has 2 amide bonds. The molecular weight excluding hydrogens is 254 g/mol. The van der Waals surface area contributed by atoms with Crippen molar-refractivity contribution in [2.45, 2.75) is 0 Å². The fourth-order valence-electron chi connectivity index (χ4n) is 1.08. The largest absolute Gasteiger partial charge is 0.480 e. The molecule has 0 aliphatic heterocycles. The normalized spacial score (nSPS) is 9.53. The van der Waals surface area contributed by atoms with Gasteiger partial charge in [-0.05, 0) is 12.1 Å². The Labute approximate surface area is 108 Å². The molecule has 0 aliphatic rings. The summed E-state index contributed by atoms with van der Waals surface area (Å²) in [5.74, 6) is -1.67. The van der Waals surface area contributed by atoms with Gasteiger partial charge in [-0.1, -0.05) is 0 Å². The van der Waals surface area contributed by atoms with Gasteiger partial charge in [0.15, 0.2) is 5.69 Å². The first-order chi connectivity index (χ1) is 9.02. The summed E-state index contributed by atoms with van der Waals surface area (Å²) in [4.78, 5) is 32.6. The number of carbonyl (C=O) groups excluding carboxylic acids is 2. The van der Waals surface area contributed by atoms with E-state index in [1.165, 1.54) is 19.2 Å². The number of carboxylic acids is 1. The second-order valence-electron chi connectivity index (χ2n) is 3.41. The van der Waals surface area contributed by atoms with Gasteiger partial charge in [0, 0.05) is 7.05 Å². The molecule has 9 nitrogen and oxygen atoms in total. The number of nitrogens with one attached hydrogen (secondary N) is 3. The lowest BCUT2D eigenvalue weighted by molar-refractivity contribution is -0.137. The van der Waals surface area contributed by atoms with Crippen LogP contribution in [0.2, 0.25) is 0 Å². The Kier molecular flexibility index (Phi) is 5.20. The van der Waals surface area contributed by atoms with E-state index in [1.54, 1.807) is 0 Å². The minimum atomic E-state index is -1.12. The topological polar surface area (TPSA) is 133 Å². The van der Waals surface area contributed by atoms with E-state index in [9.17, 15) is 14.4 Å². The Hall–Kier alpha value is -2.71. The van der Waals surface area contributed by atoms with Crippen molar-refractivity contribution in [1.82, 2.24) is 20.8 Å².